The Labute approximate surface area is 139 Å². The summed E-state index contributed by atoms with van der Waals surface area (Å²) in [6.07, 6.45) is 1.78. The first-order chi connectivity index (χ1) is 10.7. The summed E-state index contributed by atoms with van der Waals surface area (Å²) in [6.45, 7) is 7.27. The van der Waals surface area contributed by atoms with Gasteiger partial charge in [0.1, 0.15) is 5.60 Å². The van der Waals surface area contributed by atoms with Gasteiger partial charge >= 0.3 is 6.09 Å². The Hall–Kier alpha value is -2.17. The molecule has 0 saturated carbocycles. The van der Waals surface area contributed by atoms with Crippen molar-refractivity contribution in [3.63, 3.8) is 0 Å². The SMILES string of the molecule is C[C@@H](Cc1cn(C(=O)OC(C)(C)C)c2ccc(Cl)cc12)N=[N+]=[N-]. The molecule has 1 heterocycles. The summed E-state index contributed by atoms with van der Waals surface area (Å²) in [7, 11) is 0. The van der Waals surface area contributed by atoms with E-state index in [0.29, 0.717) is 17.0 Å². The zero-order valence-corrected chi connectivity index (χ0v) is 14.3. The number of nitrogens with zero attached hydrogens (tertiary/aromatic N) is 4. The van der Waals surface area contributed by atoms with E-state index < -0.39 is 11.7 Å². The minimum absolute atomic E-state index is 0.225. The number of halogens is 1. The van der Waals surface area contributed by atoms with Gasteiger partial charge in [-0.1, -0.05) is 23.6 Å². The van der Waals surface area contributed by atoms with Gasteiger partial charge in [0, 0.05) is 27.6 Å². The van der Waals surface area contributed by atoms with Crippen LogP contribution >= 0.6 is 11.6 Å². The first kappa shape index (κ1) is 17.2. The van der Waals surface area contributed by atoms with Gasteiger partial charge in [0.2, 0.25) is 0 Å². The lowest BCUT2D eigenvalue weighted by atomic mass is 10.1. The number of rotatable bonds is 3. The Morgan fingerprint density at radius 2 is 2.17 bits per heavy atom. The molecular formula is C16H19ClN4O2. The van der Waals surface area contributed by atoms with Gasteiger partial charge in [-0.2, -0.15) is 0 Å². The fraction of sp³-hybridized carbons (Fsp3) is 0.438. The molecule has 0 N–H and O–H groups in total. The number of carbonyl (C=O) groups is 1. The van der Waals surface area contributed by atoms with Crippen molar-refractivity contribution in [2.45, 2.75) is 45.8 Å². The van der Waals surface area contributed by atoms with E-state index in [1.54, 1.807) is 24.4 Å². The van der Waals surface area contributed by atoms with Gasteiger partial charge in [0.15, 0.2) is 0 Å². The van der Waals surface area contributed by atoms with Crippen LogP contribution in [0.1, 0.15) is 33.3 Å². The smallest absolute Gasteiger partial charge is 0.419 e. The first-order valence-corrected chi connectivity index (χ1v) is 7.66. The molecule has 1 aromatic heterocycles. The van der Waals surface area contributed by atoms with E-state index >= 15 is 0 Å². The summed E-state index contributed by atoms with van der Waals surface area (Å²) in [6, 6.07) is 5.08. The van der Waals surface area contributed by atoms with Gasteiger partial charge in [-0.05, 0) is 56.5 Å². The highest BCUT2D eigenvalue weighted by Crippen LogP contribution is 2.27. The monoisotopic (exact) mass is 334 g/mol. The molecule has 6 nitrogen and oxygen atoms in total. The molecule has 122 valence electrons. The van der Waals surface area contributed by atoms with Crippen LogP contribution in [0.3, 0.4) is 0 Å². The Balaban J connectivity index is 2.50. The third-order valence-corrected chi connectivity index (χ3v) is 3.44. The topological polar surface area (TPSA) is 80.0 Å². The van der Waals surface area contributed by atoms with Crippen LogP contribution in [0.2, 0.25) is 5.02 Å². The van der Waals surface area contributed by atoms with E-state index in [0.717, 1.165) is 10.9 Å². The molecular weight excluding hydrogens is 316 g/mol. The summed E-state index contributed by atoms with van der Waals surface area (Å²) < 4.78 is 6.90. The summed E-state index contributed by atoms with van der Waals surface area (Å²) in [5.41, 5.74) is 9.56. The molecule has 1 atom stereocenters. The highest BCUT2D eigenvalue weighted by Gasteiger charge is 2.21. The molecule has 0 radical (unpaired) electrons. The van der Waals surface area contributed by atoms with Crippen molar-refractivity contribution >= 4 is 28.6 Å². The molecule has 0 aliphatic carbocycles. The maximum atomic E-state index is 12.4. The van der Waals surface area contributed by atoms with Gasteiger partial charge < -0.3 is 4.74 Å². The lowest BCUT2D eigenvalue weighted by Gasteiger charge is -2.19. The van der Waals surface area contributed by atoms with Crippen molar-refractivity contribution in [1.82, 2.24) is 4.57 Å². The molecule has 0 unspecified atom stereocenters. The van der Waals surface area contributed by atoms with Crippen molar-refractivity contribution in [3.05, 3.63) is 45.4 Å². The molecule has 0 fully saturated rings. The summed E-state index contributed by atoms with van der Waals surface area (Å²) in [5, 5.41) is 5.12. The Bertz CT molecular complexity index is 785. The van der Waals surface area contributed by atoms with Crippen LogP contribution in [0.15, 0.2) is 29.5 Å². The van der Waals surface area contributed by atoms with Crippen molar-refractivity contribution in [2.75, 3.05) is 0 Å². The van der Waals surface area contributed by atoms with Crippen LogP contribution in [0.5, 0.6) is 0 Å². The summed E-state index contributed by atoms with van der Waals surface area (Å²) >= 11 is 6.08. The summed E-state index contributed by atoms with van der Waals surface area (Å²) in [5.74, 6) is 0. The second kappa shape index (κ2) is 6.52. The number of hydrogen-bond donors (Lipinski definition) is 0. The molecule has 0 bridgehead atoms. The van der Waals surface area contributed by atoms with Gasteiger partial charge in [-0.25, -0.2) is 4.79 Å². The van der Waals surface area contributed by atoms with Crippen LogP contribution in [0.4, 0.5) is 4.79 Å². The zero-order chi connectivity index (χ0) is 17.2. The Morgan fingerprint density at radius 3 is 2.78 bits per heavy atom. The average Bonchev–Trinajstić information content (AvgIpc) is 2.75. The van der Waals surface area contributed by atoms with Gasteiger partial charge in [-0.3, -0.25) is 4.57 Å². The van der Waals surface area contributed by atoms with E-state index in [-0.39, 0.29) is 6.04 Å². The normalized spacial score (nSPS) is 12.7. The predicted molar refractivity (Wildman–Crippen MR) is 90.9 cm³/mol. The van der Waals surface area contributed by atoms with Crippen LogP contribution in [-0.2, 0) is 11.2 Å². The molecule has 1 aromatic carbocycles. The highest BCUT2D eigenvalue weighted by atomic mass is 35.5. The quantitative estimate of drug-likeness (QED) is 0.432. The number of azide groups is 1. The molecule has 0 aliphatic rings. The lowest BCUT2D eigenvalue weighted by molar-refractivity contribution is 0.0544. The largest absolute Gasteiger partial charge is 0.443 e. The lowest BCUT2D eigenvalue weighted by Crippen LogP contribution is -2.26. The number of ether oxygens (including phenoxy) is 1. The van der Waals surface area contributed by atoms with E-state index in [2.05, 4.69) is 10.0 Å². The van der Waals surface area contributed by atoms with Crippen LogP contribution in [0.25, 0.3) is 21.3 Å². The maximum Gasteiger partial charge on any atom is 0.419 e. The zero-order valence-electron chi connectivity index (χ0n) is 13.6. The van der Waals surface area contributed by atoms with E-state index in [4.69, 9.17) is 21.9 Å². The van der Waals surface area contributed by atoms with Crippen LogP contribution in [0, 0.1) is 0 Å². The number of fused-ring (bicyclic) bond motifs is 1. The first-order valence-electron chi connectivity index (χ1n) is 7.28. The average molecular weight is 335 g/mol. The van der Waals surface area contributed by atoms with E-state index in [1.165, 1.54) is 4.57 Å². The van der Waals surface area contributed by atoms with Crippen molar-refractivity contribution in [2.24, 2.45) is 5.11 Å². The van der Waals surface area contributed by atoms with Crippen molar-refractivity contribution in [1.29, 1.82) is 0 Å². The van der Waals surface area contributed by atoms with Crippen molar-refractivity contribution in [3.8, 4) is 0 Å². The second-order valence-electron chi connectivity index (χ2n) is 6.42. The standard InChI is InChI=1S/C16H19ClN4O2/c1-10(19-20-18)7-11-9-21(15(22)23-16(2,3)4)14-6-5-12(17)8-13(11)14/h5-6,8-10H,7H2,1-4H3/t10-/m0/s1. The molecule has 2 rings (SSSR count). The summed E-state index contributed by atoms with van der Waals surface area (Å²) in [4.78, 5) is 15.2. The molecule has 0 aliphatic heterocycles. The highest BCUT2D eigenvalue weighted by molar-refractivity contribution is 6.31. The number of carbonyl (C=O) groups excluding carboxylic acids is 1. The fourth-order valence-corrected chi connectivity index (χ4v) is 2.51. The van der Waals surface area contributed by atoms with Gasteiger partial charge in [-0.15, -0.1) is 0 Å². The number of benzene rings is 1. The van der Waals surface area contributed by atoms with Gasteiger partial charge in [0.05, 0.1) is 5.52 Å². The third-order valence-electron chi connectivity index (χ3n) is 3.20. The Kier molecular flexibility index (Phi) is 4.88. The Morgan fingerprint density at radius 1 is 1.48 bits per heavy atom. The van der Waals surface area contributed by atoms with Crippen molar-refractivity contribution < 1.29 is 9.53 Å². The molecule has 7 heteroatoms. The molecule has 23 heavy (non-hydrogen) atoms. The minimum atomic E-state index is -0.585. The minimum Gasteiger partial charge on any atom is -0.443 e. The third kappa shape index (κ3) is 4.18. The predicted octanol–water partition coefficient (Wildman–Crippen LogP) is 5.32. The molecule has 0 spiro atoms. The number of hydrogen-bond acceptors (Lipinski definition) is 3. The molecule has 0 amide bonds. The fourth-order valence-electron chi connectivity index (χ4n) is 2.34. The maximum absolute atomic E-state index is 12.4. The number of aromatic nitrogens is 1. The second-order valence-corrected chi connectivity index (χ2v) is 6.86. The molecule has 2 aromatic rings. The van der Waals surface area contributed by atoms with Crippen LogP contribution < -0.4 is 0 Å². The molecule has 0 saturated heterocycles. The van der Waals surface area contributed by atoms with Gasteiger partial charge in [0.25, 0.3) is 0 Å². The van der Waals surface area contributed by atoms with E-state index in [1.807, 2.05) is 27.7 Å². The van der Waals surface area contributed by atoms with E-state index in [9.17, 15) is 4.79 Å². The van der Waals surface area contributed by atoms with Crippen LogP contribution in [-0.4, -0.2) is 22.3 Å².